The van der Waals surface area contributed by atoms with Gasteiger partial charge in [0, 0.05) is 32.8 Å². The minimum Gasteiger partial charge on any atom is -0.497 e. The normalized spacial score (nSPS) is 22.5. The van der Waals surface area contributed by atoms with E-state index in [0.29, 0.717) is 25.0 Å². The zero-order valence-corrected chi connectivity index (χ0v) is 17.6. The van der Waals surface area contributed by atoms with Gasteiger partial charge in [-0.1, -0.05) is 18.6 Å². The van der Waals surface area contributed by atoms with Gasteiger partial charge in [-0.3, -0.25) is 4.79 Å². The third kappa shape index (κ3) is 5.71. The highest BCUT2D eigenvalue weighted by Gasteiger charge is 2.34. The molecule has 1 aromatic carbocycles. The summed E-state index contributed by atoms with van der Waals surface area (Å²) in [5.74, 6) is 1.67. The zero-order chi connectivity index (χ0) is 19.8. The molecule has 5 nitrogen and oxygen atoms in total. The average Bonchev–Trinajstić information content (AvgIpc) is 2.74. The first-order chi connectivity index (χ1) is 13.7. The molecular weight excluding hydrogens is 352 g/mol. The SMILES string of the molecule is COCCCN(CC1CCCN2CCCCC12)C(=O)Cc1ccc(OC)cc1. The van der Waals surface area contributed by atoms with E-state index in [9.17, 15) is 4.79 Å². The highest BCUT2D eigenvalue weighted by Crippen LogP contribution is 2.31. The average molecular weight is 389 g/mol. The fourth-order valence-corrected chi connectivity index (χ4v) is 4.82. The Morgan fingerprint density at radius 1 is 1.11 bits per heavy atom. The van der Waals surface area contributed by atoms with Crippen LogP contribution in [0.5, 0.6) is 5.75 Å². The largest absolute Gasteiger partial charge is 0.497 e. The molecule has 0 saturated carbocycles. The number of hydrogen-bond donors (Lipinski definition) is 0. The number of amides is 1. The number of methoxy groups -OCH3 is 2. The summed E-state index contributed by atoms with van der Waals surface area (Å²) in [6.07, 6.45) is 7.82. The highest BCUT2D eigenvalue weighted by molar-refractivity contribution is 5.78. The first kappa shape index (κ1) is 21.1. The third-order valence-corrected chi connectivity index (χ3v) is 6.33. The van der Waals surface area contributed by atoms with Crippen molar-refractivity contribution in [1.82, 2.24) is 9.80 Å². The molecule has 1 aromatic rings. The number of nitrogens with zero attached hydrogens (tertiary/aromatic N) is 2. The molecule has 2 saturated heterocycles. The van der Waals surface area contributed by atoms with Gasteiger partial charge in [0.2, 0.25) is 5.91 Å². The first-order valence-corrected chi connectivity index (χ1v) is 10.8. The molecule has 2 unspecified atom stereocenters. The zero-order valence-electron chi connectivity index (χ0n) is 17.6. The molecule has 2 aliphatic heterocycles. The molecular formula is C23H36N2O3. The number of rotatable bonds is 9. The van der Waals surface area contributed by atoms with Crippen molar-refractivity contribution in [3.63, 3.8) is 0 Å². The van der Waals surface area contributed by atoms with Gasteiger partial charge in [-0.05, 0) is 68.8 Å². The smallest absolute Gasteiger partial charge is 0.227 e. The molecule has 2 fully saturated rings. The van der Waals surface area contributed by atoms with Gasteiger partial charge in [-0.2, -0.15) is 0 Å². The Bertz CT molecular complexity index is 602. The van der Waals surface area contributed by atoms with Gasteiger partial charge >= 0.3 is 0 Å². The van der Waals surface area contributed by atoms with Crippen molar-refractivity contribution in [2.45, 2.75) is 51.0 Å². The Hall–Kier alpha value is -1.59. The summed E-state index contributed by atoms with van der Waals surface area (Å²) in [4.78, 5) is 17.9. The van der Waals surface area contributed by atoms with Crippen LogP contribution in [0, 0.1) is 5.92 Å². The van der Waals surface area contributed by atoms with E-state index in [1.807, 2.05) is 24.3 Å². The Balaban J connectivity index is 1.63. The maximum atomic E-state index is 13.1. The monoisotopic (exact) mass is 388 g/mol. The molecule has 0 bridgehead atoms. The summed E-state index contributed by atoms with van der Waals surface area (Å²) in [5, 5.41) is 0. The summed E-state index contributed by atoms with van der Waals surface area (Å²) in [6, 6.07) is 8.51. The van der Waals surface area contributed by atoms with Gasteiger partial charge < -0.3 is 19.3 Å². The molecule has 3 rings (SSSR count). The van der Waals surface area contributed by atoms with E-state index in [4.69, 9.17) is 9.47 Å². The fourth-order valence-electron chi connectivity index (χ4n) is 4.82. The van der Waals surface area contributed by atoms with Crippen molar-refractivity contribution >= 4 is 5.91 Å². The highest BCUT2D eigenvalue weighted by atomic mass is 16.5. The lowest BCUT2D eigenvalue weighted by atomic mass is 9.83. The van der Waals surface area contributed by atoms with Crippen LogP contribution in [0.2, 0.25) is 0 Å². The lowest BCUT2D eigenvalue weighted by Gasteiger charge is -2.45. The van der Waals surface area contributed by atoms with E-state index in [2.05, 4.69) is 9.80 Å². The Morgan fingerprint density at radius 3 is 2.64 bits per heavy atom. The standard InChI is InChI=1S/C23H36N2O3/c1-27-16-6-15-25(23(26)17-19-9-11-21(28-2)12-10-19)18-20-7-5-14-24-13-4-3-8-22(20)24/h9-12,20,22H,3-8,13-18H2,1-2H3. The molecule has 2 atom stereocenters. The third-order valence-electron chi connectivity index (χ3n) is 6.33. The maximum absolute atomic E-state index is 13.1. The van der Waals surface area contributed by atoms with Crippen molar-refractivity contribution < 1.29 is 14.3 Å². The van der Waals surface area contributed by atoms with Crippen molar-refractivity contribution in [3.8, 4) is 5.75 Å². The van der Waals surface area contributed by atoms with E-state index in [1.165, 1.54) is 45.2 Å². The second-order valence-corrected chi connectivity index (χ2v) is 8.21. The minimum absolute atomic E-state index is 0.231. The molecule has 0 aliphatic carbocycles. The number of carbonyl (C=O) groups is 1. The molecule has 2 heterocycles. The van der Waals surface area contributed by atoms with Gasteiger partial charge in [-0.15, -0.1) is 0 Å². The maximum Gasteiger partial charge on any atom is 0.227 e. The van der Waals surface area contributed by atoms with Crippen molar-refractivity contribution in [2.75, 3.05) is 47.0 Å². The quantitative estimate of drug-likeness (QED) is 0.608. The predicted octanol–water partition coefficient (Wildman–Crippen LogP) is 3.37. The molecule has 5 heteroatoms. The minimum atomic E-state index is 0.231. The molecule has 0 N–H and O–H groups in total. The summed E-state index contributed by atoms with van der Waals surface area (Å²) < 4.78 is 10.5. The van der Waals surface area contributed by atoms with Crippen molar-refractivity contribution in [2.24, 2.45) is 5.92 Å². The van der Waals surface area contributed by atoms with Crippen LogP contribution in [0.25, 0.3) is 0 Å². The molecule has 0 radical (unpaired) electrons. The molecule has 0 spiro atoms. The lowest BCUT2D eigenvalue weighted by Crippen LogP contribution is -2.52. The van der Waals surface area contributed by atoms with Crippen LogP contribution in [-0.4, -0.2) is 68.8 Å². The number of carbonyl (C=O) groups excluding carboxylic acids is 1. The number of benzene rings is 1. The second-order valence-electron chi connectivity index (χ2n) is 8.21. The summed E-state index contributed by atoms with van der Waals surface area (Å²) in [5.41, 5.74) is 1.05. The van der Waals surface area contributed by atoms with Crippen LogP contribution >= 0.6 is 0 Å². The van der Waals surface area contributed by atoms with Gasteiger partial charge in [0.1, 0.15) is 5.75 Å². The van der Waals surface area contributed by atoms with E-state index in [1.54, 1.807) is 14.2 Å². The van der Waals surface area contributed by atoms with Crippen molar-refractivity contribution in [1.29, 1.82) is 0 Å². The number of piperidine rings is 2. The Labute approximate surface area is 170 Å². The van der Waals surface area contributed by atoms with E-state index in [0.717, 1.165) is 30.8 Å². The Kier molecular flexibility index (Phi) is 8.16. The van der Waals surface area contributed by atoms with Crippen LogP contribution in [0.1, 0.15) is 44.1 Å². The summed E-state index contributed by atoms with van der Waals surface area (Å²) in [7, 11) is 3.39. The lowest BCUT2D eigenvalue weighted by molar-refractivity contribution is -0.132. The van der Waals surface area contributed by atoms with Crippen LogP contribution < -0.4 is 4.74 Å². The van der Waals surface area contributed by atoms with Crippen LogP contribution in [0.15, 0.2) is 24.3 Å². The molecule has 28 heavy (non-hydrogen) atoms. The summed E-state index contributed by atoms with van der Waals surface area (Å²) >= 11 is 0. The van der Waals surface area contributed by atoms with Gasteiger partial charge in [0.15, 0.2) is 0 Å². The fraction of sp³-hybridized carbons (Fsp3) is 0.696. The topological polar surface area (TPSA) is 42.0 Å². The second kappa shape index (κ2) is 10.8. The van der Waals surface area contributed by atoms with Crippen molar-refractivity contribution in [3.05, 3.63) is 29.8 Å². The van der Waals surface area contributed by atoms with Gasteiger partial charge in [-0.25, -0.2) is 0 Å². The molecule has 156 valence electrons. The molecule has 1 amide bonds. The number of fused-ring (bicyclic) bond motifs is 1. The van der Waals surface area contributed by atoms with E-state index < -0.39 is 0 Å². The van der Waals surface area contributed by atoms with Crippen LogP contribution in [0.3, 0.4) is 0 Å². The number of ether oxygens (including phenoxy) is 2. The van der Waals surface area contributed by atoms with Gasteiger partial charge in [0.05, 0.1) is 13.5 Å². The first-order valence-electron chi connectivity index (χ1n) is 10.8. The van der Waals surface area contributed by atoms with E-state index >= 15 is 0 Å². The van der Waals surface area contributed by atoms with Crippen LogP contribution in [0.4, 0.5) is 0 Å². The molecule has 2 aliphatic rings. The van der Waals surface area contributed by atoms with Crippen LogP contribution in [-0.2, 0) is 16.0 Å². The predicted molar refractivity (Wildman–Crippen MR) is 112 cm³/mol. The number of hydrogen-bond acceptors (Lipinski definition) is 4. The Morgan fingerprint density at radius 2 is 1.89 bits per heavy atom. The molecule has 0 aromatic heterocycles. The van der Waals surface area contributed by atoms with Gasteiger partial charge in [0.25, 0.3) is 0 Å². The summed E-state index contributed by atoms with van der Waals surface area (Å²) in [6.45, 7) is 4.85. The van der Waals surface area contributed by atoms with E-state index in [-0.39, 0.29) is 5.91 Å².